The van der Waals surface area contributed by atoms with Crippen LogP contribution in [0.2, 0.25) is 0 Å². The third-order valence-electron chi connectivity index (χ3n) is 5.00. The molecule has 0 bridgehead atoms. The van der Waals surface area contributed by atoms with E-state index in [1.165, 1.54) is 12.1 Å². The van der Waals surface area contributed by atoms with Crippen LogP contribution in [0.3, 0.4) is 0 Å². The van der Waals surface area contributed by atoms with Crippen molar-refractivity contribution in [2.75, 3.05) is 20.3 Å². The number of carbonyl (C=O) groups excluding carboxylic acids is 2. The Morgan fingerprint density at radius 3 is 2.35 bits per heavy atom. The maximum atomic E-state index is 12.7. The molecule has 8 heteroatoms. The van der Waals surface area contributed by atoms with Gasteiger partial charge in [0.25, 0.3) is 5.91 Å². The molecule has 0 spiro atoms. The van der Waals surface area contributed by atoms with Gasteiger partial charge in [0.15, 0.2) is 18.1 Å². The Hall–Kier alpha value is -3.55. The number of aromatic carboxylic acids is 1. The fraction of sp³-hybridized carbons (Fsp3) is 0.348. The molecule has 2 aromatic carbocycles. The molecule has 164 valence electrons. The molecule has 31 heavy (non-hydrogen) atoms. The second kappa shape index (κ2) is 10.5. The largest absolute Gasteiger partial charge is 0.493 e. The van der Waals surface area contributed by atoms with Crippen LogP contribution in [0.15, 0.2) is 48.5 Å². The number of hydrogen-bond donors (Lipinski definition) is 2. The summed E-state index contributed by atoms with van der Waals surface area (Å²) in [4.78, 5) is 37.5. The fourth-order valence-electron chi connectivity index (χ4n) is 3.13. The molecular formula is C23H26N2O6. The van der Waals surface area contributed by atoms with Crippen LogP contribution in [0, 0.1) is 0 Å². The van der Waals surface area contributed by atoms with Gasteiger partial charge in [-0.05, 0) is 42.7 Å². The molecule has 0 saturated heterocycles. The normalized spacial score (nSPS) is 12.7. The summed E-state index contributed by atoms with van der Waals surface area (Å²) in [5, 5.41) is 11.7. The van der Waals surface area contributed by atoms with Gasteiger partial charge in [0, 0.05) is 25.6 Å². The minimum absolute atomic E-state index is 0.117. The van der Waals surface area contributed by atoms with E-state index < -0.39 is 5.97 Å². The van der Waals surface area contributed by atoms with Gasteiger partial charge in [-0.3, -0.25) is 9.59 Å². The number of nitrogens with zero attached hydrogens (tertiary/aromatic N) is 1. The molecule has 0 heterocycles. The van der Waals surface area contributed by atoms with Gasteiger partial charge in [-0.15, -0.1) is 0 Å². The Bertz CT molecular complexity index is 924. The monoisotopic (exact) mass is 426 g/mol. The van der Waals surface area contributed by atoms with E-state index in [2.05, 4.69) is 5.32 Å². The van der Waals surface area contributed by atoms with Crippen molar-refractivity contribution in [1.29, 1.82) is 0 Å². The van der Waals surface area contributed by atoms with Crippen molar-refractivity contribution in [2.45, 2.75) is 31.8 Å². The first-order valence-corrected chi connectivity index (χ1v) is 10.1. The number of carbonyl (C=O) groups is 3. The minimum atomic E-state index is -0.991. The molecule has 2 amide bonds. The second-order valence-corrected chi connectivity index (χ2v) is 7.29. The molecule has 1 saturated carbocycles. The summed E-state index contributed by atoms with van der Waals surface area (Å²) in [5.74, 6) is -0.267. The molecular weight excluding hydrogens is 400 g/mol. The molecule has 0 aromatic heterocycles. The number of hydrogen-bond acceptors (Lipinski definition) is 5. The highest BCUT2D eigenvalue weighted by Crippen LogP contribution is 2.28. The van der Waals surface area contributed by atoms with Crippen molar-refractivity contribution in [3.05, 3.63) is 59.7 Å². The summed E-state index contributed by atoms with van der Waals surface area (Å²) in [7, 11) is 1.54. The minimum Gasteiger partial charge on any atom is -0.493 e. The Balaban J connectivity index is 1.45. The summed E-state index contributed by atoms with van der Waals surface area (Å²) < 4.78 is 10.9. The van der Waals surface area contributed by atoms with E-state index in [9.17, 15) is 14.4 Å². The van der Waals surface area contributed by atoms with Crippen LogP contribution >= 0.6 is 0 Å². The number of benzene rings is 2. The Morgan fingerprint density at radius 2 is 1.74 bits per heavy atom. The SMILES string of the molecule is COc1ccccc1OCC(=O)N(CCC(=O)NCc1ccc(C(=O)O)cc1)C1CC1. The molecule has 3 rings (SSSR count). The van der Waals surface area contributed by atoms with E-state index in [1.807, 2.05) is 6.07 Å². The van der Waals surface area contributed by atoms with Gasteiger partial charge >= 0.3 is 5.97 Å². The zero-order valence-electron chi connectivity index (χ0n) is 17.4. The molecule has 2 N–H and O–H groups in total. The number of carboxylic acid groups (broad SMARTS) is 1. The third kappa shape index (κ3) is 6.47. The second-order valence-electron chi connectivity index (χ2n) is 7.29. The zero-order chi connectivity index (χ0) is 22.2. The van der Waals surface area contributed by atoms with Gasteiger partial charge in [-0.1, -0.05) is 24.3 Å². The maximum absolute atomic E-state index is 12.7. The third-order valence-corrected chi connectivity index (χ3v) is 5.00. The summed E-state index contributed by atoms with van der Waals surface area (Å²) in [6.07, 6.45) is 2.04. The predicted octanol–water partition coefficient (Wildman–Crippen LogP) is 2.47. The predicted molar refractivity (Wildman–Crippen MR) is 113 cm³/mol. The lowest BCUT2D eigenvalue weighted by molar-refractivity contribution is -0.134. The molecule has 0 aliphatic heterocycles. The van der Waals surface area contributed by atoms with E-state index in [-0.39, 0.29) is 36.4 Å². The van der Waals surface area contributed by atoms with Crippen LogP contribution in [0.25, 0.3) is 0 Å². The smallest absolute Gasteiger partial charge is 0.335 e. The highest BCUT2D eigenvalue weighted by atomic mass is 16.5. The average molecular weight is 426 g/mol. The summed E-state index contributed by atoms with van der Waals surface area (Å²) >= 11 is 0. The maximum Gasteiger partial charge on any atom is 0.335 e. The number of ether oxygens (including phenoxy) is 2. The first-order valence-electron chi connectivity index (χ1n) is 10.1. The van der Waals surface area contributed by atoms with E-state index in [0.29, 0.717) is 24.6 Å². The van der Waals surface area contributed by atoms with Crippen molar-refractivity contribution >= 4 is 17.8 Å². The van der Waals surface area contributed by atoms with Gasteiger partial charge in [-0.25, -0.2) is 4.79 Å². The zero-order valence-corrected chi connectivity index (χ0v) is 17.4. The van der Waals surface area contributed by atoms with Gasteiger partial charge in [-0.2, -0.15) is 0 Å². The van der Waals surface area contributed by atoms with Crippen LogP contribution in [0.1, 0.15) is 35.2 Å². The lowest BCUT2D eigenvalue weighted by Gasteiger charge is -2.22. The van der Waals surface area contributed by atoms with Crippen LogP contribution in [-0.4, -0.2) is 54.1 Å². The Labute approximate surface area is 180 Å². The molecule has 0 radical (unpaired) electrons. The van der Waals surface area contributed by atoms with E-state index in [0.717, 1.165) is 18.4 Å². The summed E-state index contributed by atoms with van der Waals surface area (Å²) in [6, 6.07) is 13.6. The van der Waals surface area contributed by atoms with Gasteiger partial charge in [0.05, 0.1) is 12.7 Å². The number of amides is 2. The van der Waals surface area contributed by atoms with E-state index in [4.69, 9.17) is 14.6 Å². The lowest BCUT2D eigenvalue weighted by Crippen LogP contribution is -2.39. The van der Waals surface area contributed by atoms with Crippen LogP contribution in [-0.2, 0) is 16.1 Å². The number of carboxylic acids is 1. The number of para-hydroxylation sites is 2. The highest BCUT2D eigenvalue weighted by molar-refractivity contribution is 5.87. The van der Waals surface area contributed by atoms with Crippen molar-refractivity contribution < 1.29 is 29.0 Å². The fourth-order valence-corrected chi connectivity index (χ4v) is 3.13. The van der Waals surface area contributed by atoms with Gasteiger partial charge in [0.1, 0.15) is 0 Å². The first kappa shape index (κ1) is 22.1. The van der Waals surface area contributed by atoms with Crippen LogP contribution < -0.4 is 14.8 Å². The first-order chi connectivity index (χ1) is 15.0. The topological polar surface area (TPSA) is 105 Å². The number of methoxy groups -OCH3 is 1. The molecule has 2 aromatic rings. The lowest BCUT2D eigenvalue weighted by atomic mass is 10.1. The number of rotatable bonds is 11. The van der Waals surface area contributed by atoms with Crippen LogP contribution in [0.5, 0.6) is 11.5 Å². The molecule has 1 fully saturated rings. The van der Waals surface area contributed by atoms with Gasteiger partial charge in [0.2, 0.25) is 5.91 Å². The Morgan fingerprint density at radius 1 is 1.06 bits per heavy atom. The summed E-state index contributed by atoms with van der Waals surface area (Å²) in [5.41, 5.74) is 1.00. The average Bonchev–Trinajstić information content (AvgIpc) is 3.62. The van der Waals surface area contributed by atoms with Crippen LogP contribution in [0.4, 0.5) is 0 Å². The van der Waals surface area contributed by atoms with Crippen molar-refractivity contribution in [1.82, 2.24) is 10.2 Å². The van der Waals surface area contributed by atoms with E-state index in [1.54, 1.807) is 42.3 Å². The molecule has 1 aliphatic rings. The standard InChI is InChI=1S/C23H26N2O6/c1-30-19-4-2-3-5-20(19)31-15-22(27)25(18-10-11-18)13-12-21(26)24-14-16-6-8-17(9-7-16)23(28)29/h2-9,18H,10-15H2,1H3,(H,24,26)(H,28,29). The Kier molecular flexibility index (Phi) is 7.48. The molecule has 1 aliphatic carbocycles. The molecule has 0 atom stereocenters. The quantitative estimate of drug-likeness (QED) is 0.572. The molecule has 0 unspecified atom stereocenters. The highest BCUT2D eigenvalue weighted by Gasteiger charge is 2.32. The molecule has 8 nitrogen and oxygen atoms in total. The summed E-state index contributed by atoms with van der Waals surface area (Å²) in [6.45, 7) is 0.504. The van der Waals surface area contributed by atoms with Crippen molar-refractivity contribution in [3.8, 4) is 11.5 Å². The number of nitrogens with one attached hydrogen (secondary N) is 1. The van der Waals surface area contributed by atoms with Gasteiger partial charge < -0.3 is 24.8 Å². The van der Waals surface area contributed by atoms with Crippen molar-refractivity contribution in [2.24, 2.45) is 0 Å². The van der Waals surface area contributed by atoms with Crippen molar-refractivity contribution in [3.63, 3.8) is 0 Å². The van der Waals surface area contributed by atoms with E-state index >= 15 is 0 Å².